The molecule has 1 aromatic heterocycles. The molecular weight excluding hydrogens is 352 g/mol. The molecule has 3 N–H and O–H groups in total. The second-order valence-corrected chi connectivity index (χ2v) is 6.47. The number of nitrogens with one attached hydrogen (secondary N) is 2. The van der Waals surface area contributed by atoms with E-state index in [2.05, 4.69) is 10.6 Å². The summed E-state index contributed by atoms with van der Waals surface area (Å²) in [6.45, 7) is 0.741. The lowest BCUT2D eigenvalue weighted by atomic mass is 10.2. The zero-order chi connectivity index (χ0) is 17.5. The third-order valence-corrected chi connectivity index (χ3v) is 4.47. The molecule has 0 aliphatic heterocycles. The maximum atomic E-state index is 11.8. The van der Waals surface area contributed by atoms with E-state index in [4.69, 9.17) is 21.4 Å². The van der Waals surface area contributed by atoms with Crippen LogP contribution in [0.3, 0.4) is 0 Å². The Balaban J connectivity index is 1.77. The number of carbonyl (C=O) groups excluding carboxylic acids is 1. The first-order chi connectivity index (χ1) is 11.5. The topological polar surface area (TPSA) is 87.7 Å². The van der Waals surface area contributed by atoms with Gasteiger partial charge in [0.25, 0.3) is 0 Å². The molecule has 0 atom stereocenters. The number of amides is 1. The molecule has 0 bridgehead atoms. The Kier molecular flexibility index (Phi) is 6.45. The van der Waals surface area contributed by atoms with E-state index in [-0.39, 0.29) is 17.2 Å². The first kappa shape index (κ1) is 18.1. The fourth-order valence-electron chi connectivity index (χ4n) is 1.99. The molecule has 1 amide bonds. The first-order valence-electron chi connectivity index (χ1n) is 7.15. The summed E-state index contributed by atoms with van der Waals surface area (Å²) in [7, 11) is 1.56. The van der Waals surface area contributed by atoms with Crippen molar-refractivity contribution >= 4 is 40.5 Å². The molecule has 24 heavy (non-hydrogen) atoms. The van der Waals surface area contributed by atoms with Gasteiger partial charge >= 0.3 is 5.97 Å². The van der Waals surface area contributed by atoms with Crippen molar-refractivity contribution in [1.29, 1.82) is 0 Å². The van der Waals surface area contributed by atoms with Crippen molar-refractivity contribution in [3.63, 3.8) is 0 Å². The van der Waals surface area contributed by atoms with Crippen LogP contribution in [0.15, 0.2) is 30.3 Å². The zero-order valence-corrected chi connectivity index (χ0v) is 14.5. The number of halogens is 1. The second kappa shape index (κ2) is 8.56. The highest BCUT2D eigenvalue weighted by Crippen LogP contribution is 2.27. The summed E-state index contributed by atoms with van der Waals surface area (Å²) in [5, 5.41) is 15.3. The summed E-state index contributed by atoms with van der Waals surface area (Å²) in [6.07, 6.45) is 0.271. The highest BCUT2D eigenvalue weighted by atomic mass is 35.5. The van der Waals surface area contributed by atoms with E-state index in [1.165, 1.54) is 6.07 Å². The van der Waals surface area contributed by atoms with Gasteiger partial charge in [-0.05, 0) is 30.3 Å². The predicted octanol–water partition coefficient (Wildman–Crippen LogP) is 3.23. The van der Waals surface area contributed by atoms with Crippen molar-refractivity contribution in [1.82, 2.24) is 5.32 Å². The van der Waals surface area contributed by atoms with Gasteiger partial charge in [-0.2, -0.15) is 0 Å². The highest BCUT2D eigenvalue weighted by Gasteiger charge is 2.08. The van der Waals surface area contributed by atoms with Gasteiger partial charge in [0.1, 0.15) is 10.6 Å². The van der Waals surface area contributed by atoms with Crippen LogP contribution < -0.4 is 15.4 Å². The van der Waals surface area contributed by atoms with Gasteiger partial charge in [-0.15, -0.1) is 11.3 Å². The Bertz CT molecular complexity index is 733. The Hall–Kier alpha value is -2.25. The van der Waals surface area contributed by atoms with Crippen molar-refractivity contribution in [3.8, 4) is 5.75 Å². The van der Waals surface area contributed by atoms with Crippen LogP contribution in [0.25, 0.3) is 0 Å². The zero-order valence-electron chi connectivity index (χ0n) is 13.0. The molecule has 0 spiro atoms. The smallest absolute Gasteiger partial charge is 0.345 e. The molecular formula is C16H17ClN2O4S. The quantitative estimate of drug-likeness (QED) is 0.665. The van der Waals surface area contributed by atoms with Crippen LogP contribution in [0, 0.1) is 0 Å². The van der Waals surface area contributed by atoms with Crippen LogP contribution >= 0.6 is 22.9 Å². The summed E-state index contributed by atoms with van der Waals surface area (Å²) < 4.78 is 5.22. The number of rotatable bonds is 8. The minimum Gasteiger partial charge on any atom is -0.495 e. The van der Waals surface area contributed by atoms with E-state index in [0.717, 1.165) is 21.9 Å². The van der Waals surface area contributed by atoms with Crippen molar-refractivity contribution in [2.45, 2.75) is 13.0 Å². The fraction of sp³-hybridized carbons (Fsp3) is 0.250. The van der Waals surface area contributed by atoms with Gasteiger partial charge in [0.2, 0.25) is 5.91 Å². The summed E-state index contributed by atoms with van der Waals surface area (Å²) in [5.74, 6) is -0.439. The molecule has 0 fully saturated rings. The first-order valence-corrected chi connectivity index (χ1v) is 8.35. The second-order valence-electron chi connectivity index (χ2n) is 4.87. The van der Waals surface area contributed by atoms with Crippen molar-refractivity contribution < 1.29 is 19.4 Å². The average molecular weight is 369 g/mol. The molecule has 0 radical (unpaired) electrons. The molecule has 0 saturated heterocycles. The Labute approximate surface area is 148 Å². The van der Waals surface area contributed by atoms with Crippen LogP contribution in [0.4, 0.5) is 5.69 Å². The molecule has 8 heteroatoms. The lowest BCUT2D eigenvalue weighted by molar-refractivity contribution is -0.120. The molecule has 128 valence electrons. The van der Waals surface area contributed by atoms with Gasteiger partial charge in [-0.1, -0.05) is 11.6 Å². The molecule has 6 nitrogen and oxygen atoms in total. The summed E-state index contributed by atoms with van der Waals surface area (Å²) in [6, 6.07) is 8.44. The van der Waals surface area contributed by atoms with Crippen LogP contribution in [-0.4, -0.2) is 30.6 Å². The van der Waals surface area contributed by atoms with Gasteiger partial charge in [0, 0.05) is 22.9 Å². The molecule has 0 aliphatic carbocycles. The Morgan fingerprint density at radius 3 is 2.75 bits per heavy atom. The van der Waals surface area contributed by atoms with Gasteiger partial charge in [0.15, 0.2) is 0 Å². The number of aromatic carboxylic acids is 1. The minimum atomic E-state index is -0.961. The number of thiophene rings is 1. The number of methoxy groups -OCH3 is 1. The number of carbonyl (C=O) groups is 2. The lowest BCUT2D eigenvalue weighted by Crippen LogP contribution is -2.24. The third-order valence-electron chi connectivity index (χ3n) is 3.16. The number of hydrogen-bond donors (Lipinski definition) is 3. The fourth-order valence-corrected chi connectivity index (χ4v) is 2.95. The molecule has 0 aliphatic rings. The van der Waals surface area contributed by atoms with Crippen molar-refractivity contribution in [3.05, 3.63) is 45.1 Å². The average Bonchev–Trinajstić information content (AvgIpc) is 3.02. The van der Waals surface area contributed by atoms with E-state index in [1.54, 1.807) is 31.4 Å². The van der Waals surface area contributed by atoms with Gasteiger partial charge < -0.3 is 20.5 Å². The predicted molar refractivity (Wildman–Crippen MR) is 94.2 cm³/mol. The maximum Gasteiger partial charge on any atom is 0.345 e. The third kappa shape index (κ3) is 5.14. The van der Waals surface area contributed by atoms with Crippen LogP contribution in [0.2, 0.25) is 5.02 Å². The van der Waals surface area contributed by atoms with Crippen LogP contribution in [0.5, 0.6) is 5.75 Å². The van der Waals surface area contributed by atoms with E-state index in [0.29, 0.717) is 23.9 Å². The van der Waals surface area contributed by atoms with E-state index in [1.807, 2.05) is 0 Å². The summed E-state index contributed by atoms with van der Waals surface area (Å²) in [5.41, 5.74) is 0.724. The van der Waals surface area contributed by atoms with Gasteiger partial charge in [-0.3, -0.25) is 4.79 Å². The normalized spacial score (nSPS) is 10.2. The summed E-state index contributed by atoms with van der Waals surface area (Å²) >= 11 is 7.09. The monoisotopic (exact) mass is 368 g/mol. The minimum absolute atomic E-state index is 0.131. The molecule has 2 aromatic rings. The molecule has 0 unspecified atom stereocenters. The van der Waals surface area contributed by atoms with Gasteiger partial charge in [0.05, 0.1) is 19.3 Å². The number of ether oxygens (including phenoxy) is 1. The SMILES string of the molecule is COc1ccc(Cl)cc1NCCC(=O)NCc1ccc(C(=O)O)s1. The number of hydrogen-bond acceptors (Lipinski definition) is 5. The number of anilines is 1. The van der Waals surface area contributed by atoms with E-state index in [9.17, 15) is 9.59 Å². The van der Waals surface area contributed by atoms with Crippen LogP contribution in [-0.2, 0) is 11.3 Å². The van der Waals surface area contributed by atoms with E-state index >= 15 is 0 Å². The number of carboxylic acid groups (broad SMARTS) is 1. The van der Waals surface area contributed by atoms with Crippen LogP contribution in [0.1, 0.15) is 21.0 Å². The Morgan fingerprint density at radius 1 is 1.29 bits per heavy atom. The molecule has 1 aromatic carbocycles. The maximum absolute atomic E-state index is 11.8. The van der Waals surface area contributed by atoms with Crippen molar-refractivity contribution in [2.24, 2.45) is 0 Å². The standard InChI is InChI=1S/C16H17ClN2O4S/c1-23-13-4-2-10(17)8-12(13)18-7-6-15(20)19-9-11-3-5-14(24-11)16(21)22/h2-5,8,18H,6-7,9H2,1H3,(H,19,20)(H,21,22). The lowest BCUT2D eigenvalue weighted by Gasteiger charge is -2.11. The van der Waals surface area contributed by atoms with Crippen molar-refractivity contribution in [2.75, 3.05) is 19.0 Å². The largest absolute Gasteiger partial charge is 0.495 e. The molecule has 1 heterocycles. The van der Waals surface area contributed by atoms with Gasteiger partial charge in [-0.25, -0.2) is 4.79 Å². The molecule has 2 rings (SSSR count). The number of benzene rings is 1. The Morgan fingerprint density at radius 2 is 2.08 bits per heavy atom. The highest BCUT2D eigenvalue weighted by molar-refractivity contribution is 7.13. The van der Waals surface area contributed by atoms with E-state index < -0.39 is 5.97 Å². The number of carboxylic acids is 1. The summed E-state index contributed by atoms with van der Waals surface area (Å²) in [4.78, 5) is 23.7. The molecule has 0 saturated carbocycles.